The summed E-state index contributed by atoms with van der Waals surface area (Å²) in [6.45, 7) is 2.86. The number of carboxylic acids is 1. The molecule has 0 fully saturated rings. The molecule has 0 saturated heterocycles. The van der Waals surface area contributed by atoms with Gasteiger partial charge in [-0.3, -0.25) is 0 Å². The Kier molecular flexibility index (Phi) is 7.04. The van der Waals surface area contributed by atoms with Gasteiger partial charge in [-0.05, 0) is 49.0 Å². The van der Waals surface area contributed by atoms with Crippen LogP contribution in [0.5, 0.6) is 5.75 Å². The van der Waals surface area contributed by atoms with Crippen LogP contribution < -0.4 is 10.1 Å². The number of benzene rings is 2. The maximum atomic E-state index is 11.4. The molecule has 3 rings (SSSR count). The molecule has 29 heavy (non-hydrogen) atoms. The standard InChI is InChI=1S/C21H21N3O4S/c1-14-12-19(23-18-9-4-3-8-17(18)20(25)26)24-21(22-14)29-16-7-5-6-15(13-16)28-11-10-27-2/h3-9,12-13H,10-11H2,1-2H3,(H,25,26)(H,22,23,24). The molecule has 0 aliphatic heterocycles. The number of aryl methyl sites for hydroxylation is 1. The SMILES string of the molecule is COCCOc1cccc(Sc2nc(C)cc(Nc3ccccc3C(=O)O)n2)c1. The number of hydrogen-bond donors (Lipinski definition) is 2. The molecule has 0 atom stereocenters. The second-order valence-corrected chi connectivity index (χ2v) is 7.11. The Morgan fingerprint density at radius 1 is 1.10 bits per heavy atom. The fourth-order valence-corrected chi connectivity index (χ4v) is 3.41. The zero-order valence-electron chi connectivity index (χ0n) is 16.1. The van der Waals surface area contributed by atoms with Crippen LogP contribution in [-0.4, -0.2) is 41.4 Å². The molecule has 0 amide bonds. The molecule has 1 aromatic heterocycles. The molecule has 0 spiro atoms. The van der Waals surface area contributed by atoms with Gasteiger partial charge in [-0.15, -0.1) is 0 Å². The molecule has 0 unspecified atom stereocenters. The summed E-state index contributed by atoms with van der Waals surface area (Å²) in [7, 11) is 1.63. The van der Waals surface area contributed by atoms with Gasteiger partial charge in [-0.2, -0.15) is 0 Å². The van der Waals surface area contributed by atoms with E-state index < -0.39 is 5.97 Å². The van der Waals surface area contributed by atoms with E-state index in [1.807, 2.05) is 31.2 Å². The smallest absolute Gasteiger partial charge is 0.337 e. The number of aromatic carboxylic acids is 1. The monoisotopic (exact) mass is 411 g/mol. The maximum Gasteiger partial charge on any atom is 0.337 e. The predicted molar refractivity (Wildman–Crippen MR) is 111 cm³/mol. The molecule has 150 valence electrons. The summed E-state index contributed by atoms with van der Waals surface area (Å²) in [5, 5.41) is 13.0. The number of carboxylic acid groups (broad SMARTS) is 1. The minimum Gasteiger partial charge on any atom is -0.491 e. The minimum absolute atomic E-state index is 0.180. The van der Waals surface area contributed by atoms with Crippen LogP contribution in [0.4, 0.5) is 11.5 Å². The van der Waals surface area contributed by atoms with Gasteiger partial charge in [0, 0.05) is 23.8 Å². The number of ether oxygens (including phenoxy) is 2. The van der Waals surface area contributed by atoms with Crippen molar-refractivity contribution < 1.29 is 19.4 Å². The molecular weight excluding hydrogens is 390 g/mol. The van der Waals surface area contributed by atoms with Crippen molar-refractivity contribution >= 4 is 29.2 Å². The van der Waals surface area contributed by atoms with Gasteiger partial charge in [0.2, 0.25) is 0 Å². The number of nitrogens with one attached hydrogen (secondary N) is 1. The van der Waals surface area contributed by atoms with Gasteiger partial charge in [-0.25, -0.2) is 14.8 Å². The quantitative estimate of drug-likeness (QED) is 0.395. The van der Waals surface area contributed by atoms with Crippen LogP contribution in [-0.2, 0) is 4.74 Å². The van der Waals surface area contributed by atoms with Crippen molar-refractivity contribution in [1.82, 2.24) is 9.97 Å². The van der Waals surface area contributed by atoms with Gasteiger partial charge < -0.3 is 19.9 Å². The average Bonchev–Trinajstić information content (AvgIpc) is 2.68. The van der Waals surface area contributed by atoms with E-state index in [4.69, 9.17) is 9.47 Å². The zero-order valence-corrected chi connectivity index (χ0v) is 16.9. The molecule has 8 heteroatoms. The maximum absolute atomic E-state index is 11.4. The van der Waals surface area contributed by atoms with Gasteiger partial charge >= 0.3 is 5.97 Å². The summed E-state index contributed by atoms with van der Waals surface area (Å²) in [5.74, 6) is 0.272. The van der Waals surface area contributed by atoms with Gasteiger partial charge in [-0.1, -0.05) is 18.2 Å². The molecule has 0 saturated carbocycles. The third-order valence-corrected chi connectivity index (χ3v) is 4.68. The Bertz CT molecular complexity index is 997. The summed E-state index contributed by atoms with van der Waals surface area (Å²) in [4.78, 5) is 21.3. The summed E-state index contributed by atoms with van der Waals surface area (Å²) < 4.78 is 10.6. The van der Waals surface area contributed by atoms with Crippen LogP contribution in [0.25, 0.3) is 0 Å². The van der Waals surface area contributed by atoms with Crippen LogP contribution in [0.15, 0.2) is 64.6 Å². The van der Waals surface area contributed by atoms with Crippen molar-refractivity contribution in [3.05, 3.63) is 65.9 Å². The molecule has 7 nitrogen and oxygen atoms in total. The Morgan fingerprint density at radius 3 is 2.72 bits per heavy atom. The van der Waals surface area contributed by atoms with Crippen molar-refractivity contribution in [2.45, 2.75) is 17.0 Å². The van der Waals surface area contributed by atoms with E-state index in [2.05, 4.69) is 15.3 Å². The number of nitrogens with zero attached hydrogens (tertiary/aromatic N) is 2. The molecule has 0 bridgehead atoms. The summed E-state index contributed by atoms with van der Waals surface area (Å²) in [6, 6.07) is 16.1. The number of aromatic nitrogens is 2. The Morgan fingerprint density at radius 2 is 1.93 bits per heavy atom. The Balaban J connectivity index is 1.78. The van der Waals surface area contributed by atoms with Crippen LogP contribution >= 0.6 is 11.8 Å². The molecule has 0 aliphatic rings. The highest BCUT2D eigenvalue weighted by Gasteiger charge is 2.11. The van der Waals surface area contributed by atoms with Crippen molar-refractivity contribution in [2.24, 2.45) is 0 Å². The van der Waals surface area contributed by atoms with Crippen molar-refractivity contribution in [3.63, 3.8) is 0 Å². The molecule has 2 aromatic carbocycles. The number of anilines is 2. The fraction of sp³-hybridized carbons (Fsp3) is 0.190. The Hall–Kier alpha value is -3.10. The lowest BCUT2D eigenvalue weighted by atomic mass is 10.2. The van der Waals surface area contributed by atoms with E-state index in [0.717, 1.165) is 16.3 Å². The lowest BCUT2D eigenvalue weighted by Crippen LogP contribution is -2.04. The molecule has 0 radical (unpaired) electrons. The highest BCUT2D eigenvalue weighted by atomic mass is 32.2. The third kappa shape index (κ3) is 5.94. The third-order valence-electron chi connectivity index (χ3n) is 3.82. The number of rotatable bonds is 9. The number of para-hydroxylation sites is 1. The van der Waals surface area contributed by atoms with Crippen LogP contribution in [0.3, 0.4) is 0 Å². The minimum atomic E-state index is -1.00. The number of methoxy groups -OCH3 is 1. The molecule has 0 aliphatic carbocycles. The van der Waals surface area contributed by atoms with E-state index in [9.17, 15) is 9.90 Å². The van der Waals surface area contributed by atoms with E-state index in [1.165, 1.54) is 11.8 Å². The van der Waals surface area contributed by atoms with Crippen LogP contribution in [0, 0.1) is 6.92 Å². The van der Waals surface area contributed by atoms with E-state index in [0.29, 0.717) is 29.9 Å². The van der Waals surface area contributed by atoms with Crippen molar-refractivity contribution in [1.29, 1.82) is 0 Å². The first-order valence-electron chi connectivity index (χ1n) is 8.90. The Labute approximate surface area is 173 Å². The summed E-state index contributed by atoms with van der Waals surface area (Å²) >= 11 is 1.40. The van der Waals surface area contributed by atoms with Crippen LogP contribution in [0.2, 0.25) is 0 Å². The summed E-state index contributed by atoms with van der Waals surface area (Å²) in [6.07, 6.45) is 0. The predicted octanol–water partition coefficient (Wildman–Crippen LogP) is 4.40. The zero-order chi connectivity index (χ0) is 20.6. The van der Waals surface area contributed by atoms with Crippen LogP contribution in [0.1, 0.15) is 16.1 Å². The average molecular weight is 411 g/mol. The topological polar surface area (TPSA) is 93.6 Å². The van der Waals surface area contributed by atoms with E-state index >= 15 is 0 Å². The van der Waals surface area contributed by atoms with Gasteiger partial charge in [0.25, 0.3) is 0 Å². The summed E-state index contributed by atoms with van der Waals surface area (Å²) in [5.41, 5.74) is 1.42. The van der Waals surface area contributed by atoms with Gasteiger partial charge in [0.15, 0.2) is 5.16 Å². The fourth-order valence-electron chi connectivity index (χ4n) is 2.54. The van der Waals surface area contributed by atoms with Crippen molar-refractivity contribution in [3.8, 4) is 5.75 Å². The number of hydrogen-bond acceptors (Lipinski definition) is 7. The molecule has 1 heterocycles. The lowest BCUT2D eigenvalue weighted by molar-refractivity contribution is 0.0698. The van der Waals surface area contributed by atoms with E-state index in [-0.39, 0.29) is 5.56 Å². The highest BCUT2D eigenvalue weighted by molar-refractivity contribution is 7.99. The largest absolute Gasteiger partial charge is 0.491 e. The highest BCUT2D eigenvalue weighted by Crippen LogP contribution is 2.29. The first kappa shape index (κ1) is 20.6. The molecule has 3 aromatic rings. The molecule has 2 N–H and O–H groups in total. The van der Waals surface area contributed by atoms with Crippen molar-refractivity contribution in [2.75, 3.05) is 25.6 Å². The number of carbonyl (C=O) groups is 1. The van der Waals surface area contributed by atoms with E-state index in [1.54, 1.807) is 37.4 Å². The second-order valence-electron chi connectivity index (χ2n) is 6.07. The normalized spacial score (nSPS) is 10.6. The van der Waals surface area contributed by atoms with Gasteiger partial charge in [0.1, 0.15) is 18.2 Å². The lowest BCUT2D eigenvalue weighted by Gasteiger charge is -2.11. The van der Waals surface area contributed by atoms with Gasteiger partial charge in [0.05, 0.1) is 17.9 Å². The first-order chi connectivity index (χ1) is 14.0. The second kappa shape index (κ2) is 9.90. The first-order valence-corrected chi connectivity index (χ1v) is 9.71. The molecular formula is C21H21N3O4S.